The third-order valence-corrected chi connectivity index (χ3v) is 3.94. The topological polar surface area (TPSA) is 76.9 Å². The van der Waals surface area contributed by atoms with Crippen LogP contribution < -0.4 is 5.73 Å². The lowest BCUT2D eigenvalue weighted by molar-refractivity contribution is -0.0241. The van der Waals surface area contributed by atoms with Gasteiger partial charge in [0.15, 0.2) is 11.7 Å². The maximum absolute atomic E-state index is 6.00. The maximum Gasteiger partial charge on any atom is 0.191 e. The molecule has 0 unspecified atom stereocenters. The quantitative estimate of drug-likeness (QED) is 0.441. The summed E-state index contributed by atoms with van der Waals surface area (Å²) in [5.41, 5.74) is 6.58. The number of guanidine groups is 1. The largest absolute Gasteiger partial charge is 0.370 e. The lowest BCUT2D eigenvalue weighted by Gasteiger charge is -2.27. The number of aromatic nitrogens is 1. The molecule has 2 rings (SSSR count). The second kappa shape index (κ2) is 8.97. The normalized spacial score (nSPS) is 16.5. The maximum atomic E-state index is 6.00. The lowest BCUT2D eigenvalue weighted by Crippen LogP contribution is -2.42. The molecule has 0 radical (unpaired) electrons. The van der Waals surface area contributed by atoms with Gasteiger partial charge in [0.1, 0.15) is 12.3 Å². The number of hydrogen-bond donors (Lipinski definition) is 1. The fourth-order valence-corrected chi connectivity index (χ4v) is 2.74. The number of aliphatic imine (C=N–C) groups is 1. The molecule has 1 aliphatic rings. The third-order valence-electron chi connectivity index (χ3n) is 2.99. The Morgan fingerprint density at radius 3 is 2.77 bits per heavy atom. The summed E-state index contributed by atoms with van der Waals surface area (Å²) in [4.78, 5) is 6.50. The zero-order valence-corrected chi connectivity index (χ0v) is 16.5. The molecule has 1 fully saturated rings. The molecule has 0 saturated carbocycles. The number of hydrogen-bond acceptors (Lipinski definition) is 5. The van der Waals surface area contributed by atoms with Crippen molar-refractivity contribution in [3.63, 3.8) is 0 Å². The molecule has 1 saturated heterocycles. The first-order valence-electron chi connectivity index (χ1n) is 7.15. The van der Waals surface area contributed by atoms with Crippen LogP contribution in [0.2, 0.25) is 0 Å². The van der Waals surface area contributed by atoms with E-state index in [0.717, 1.165) is 30.3 Å². The Kier molecular flexibility index (Phi) is 7.98. The molecular formula is C14H25IN4O2S. The molecule has 1 aromatic heterocycles. The van der Waals surface area contributed by atoms with Crippen LogP contribution in [0.25, 0.3) is 0 Å². The number of nitrogens with zero attached hydrogens (tertiary/aromatic N) is 3. The molecule has 0 atom stereocenters. The molecular weight excluding hydrogens is 415 g/mol. The Bertz CT molecular complexity index is 481. The van der Waals surface area contributed by atoms with Gasteiger partial charge in [0.2, 0.25) is 0 Å². The summed E-state index contributed by atoms with van der Waals surface area (Å²) in [7, 11) is 0. The second-order valence-electron chi connectivity index (χ2n) is 5.96. The Hall–Kier alpha value is -0.480. The van der Waals surface area contributed by atoms with Crippen LogP contribution in [0.1, 0.15) is 32.2 Å². The first kappa shape index (κ1) is 19.6. The van der Waals surface area contributed by atoms with E-state index in [2.05, 4.69) is 15.0 Å². The number of thioether (sulfide) groups is 1. The van der Waals surface area contributed by atoms with Gasteiger partial charge in [-0.25, -0.2) is 4.99 Å². The van der Waals surface area contributed by atoms with Crippen LogP contribution >= 0.6 is 35.7 Å². The van der Waals surface area contributed by atoms with Crippen molar-refractivity contribution in [3.05, 3.63) is 17.5 Å². The van der Waals surface area contributed by atoms with Crippen LogP contribution in [0.15, 0.2) is 15.6 Å². The van der Waals surface area contributed by atoms with Crippen LogP contribution in [0.5, 0.6) is 0 Å². The molecule has 2 N–H and O–H groups in total. The van der Waals surface area contributed by atoms with E-state index in [4.69, 9.17) is 15.0 Å². The first-order chi connectivity index (χ1) is 9.94. The van der Waals surface area contributed by atoms with Gasteiger partial charge in [-0.15, -0.1) is 24.0 Å². The second-order valence-corrected chi connectivity index (χ2v) is 7.18. The molecule has 1 aromatic rings. The molecule has 22 heavy (non-hydrogen) atoms. The van der Waals surface area contributed by atoms with Crippen molar-refractivity contribution in [2.75, 3.05) is 24.6 Å². The van der Waals surface area contributed by atoms with Gasteiger partial charge in [-0.1, -0.05) is 5.16 Å². The summed E-state index contributed by atoms with van der Waals surface area (Å²) >= 11 is 1.95. The molecule has 0 amide bonds. The summed E-state index contributed by atoms with van der Waals surface area (Å²) in [6.45, 7) is 8.80. The summed E-state index contributed by atoms with van der Waals surface area (Å²) in [6, 6.07) is 1.87. The predicted molar refractivity (Wildman–Crippen MR) is 101 cm³/mol. The fraction of sp³-hybridized carbons (Fsp3) is 0.714. The minimum absolute atomic E-state index is 0. The van der Waals surface area contributed by atoms with Crippen molar-refractivity contribution in [1.82, 2.24) is 10.1 Å². The molecule has 1 aliphatic heterocycles. The van der Waals surface area contributed by atoms with Crippen molar-refractivity contribution in [3.8, 4) is 0 Å². The SMILES string of the molecule is CC(C)(C)OCc1cc(CN=C(N)N2CCSCC2)no1.I. The van der Waals surface area contributed by atoms with Crippen LogP contribution in [-0.4, -0.2) is 46.2 Å². The highest BCUT2D eigenvalue weighted by Gasteiger charge is 2.14. The first-order valence-corrected chi connectivity index (χ1v) is 8.30. The van der Waals surface area contributed by atoms with Crippen molar-refractivity contribution >= 4 is 41.7 Å². The van der Waals surface area contributed by atoms with E-state index >= 15 is 0 Å². The van der Waals surface area contributed by atoms with Crippen LogP contribution in [0.3, 0.4) is 0 Å². The molecule has 126 valence electrons. The summed E-state index contributed by atoms with van der Waals surface area (Å²) < 4.78 is 10.9. The van der Waals surface area contributed by atoms with Crippen LogP contribution in [-0.2, 0) is 17.9 Å². The lowest BCUT2D eigenvalue weighted by atomic mass is 10.2. The van der Waals surface area contributed by atoms with Gasteiger partial charge >= 0.3 is 0 Å². The van der Waals surface area contributed by atoms with E-state index in [9.17, 15) is 0 Å². The average Bonchev–Trinajstić information content (AvgIpc) is 2.91. The van der Waals surface area contributed by atoms with E-state index in [-0.39, 0.29) is 29.6 Å². The standard InChI is InChI=1S/C14H24N4O2S.HI/c1-14(2,3)19-10-12-8-11(17-20-12)9-16-13(15)18-4-6-21-7-5-18;/h8H,4-7,9-10H2,1-3H3,(H2,15,16);1H. The molecule has 8 heteroatoms. The van der Waals surface area contributed by atoms with Crippen molar-refractivity contribution in [1.29, 1.82) is 0 Å². The van der Waals surface area contributed by atoms with Gasteiger partial charge in [-0.3, -0.25) is 0 Å². The van der Waals surface area contributed by atoms with Crippen molar-refractivity contribution in [2.45, 2.75) is 39.5 Å². The van der Waals surface area contributed by atoms with E-state index in [1.807, 2.05) is 38.6 Å². The highest BCUT2D eigenvalue weighted by Crippen LogP contribution is 2.13. The summed E-state index contributed by atoms with van der Waals surface area (Å²) in [5.74, 6) is 3.51. The molecule has 0 bridgehead atoms. The number of halogens is 1. The fourth-order valence-electron chi connectivity index (χ4n) is 1.84. The number of nitrogens with two attached hydrogens (primary N) is 1. The van der Waals surface area contributed by atoms with Crippen LogP contribution in [0.4, 0.5) is 0 Å². The van der Waals surface area contributed by atoms with Gasteiger partial charge < -0.3 is 19.9 Å². The molecule has 6 nitrogen and oxygen atoms in total. The average molecular weight is 440 g/mol. The van der Waals surface area contributed by atoms with Crippen molar-refractivity contribution in [2.24, 2.45) is 10.7 Å². The van der Waals surface area contributed by atoms with Gasteiger partial charge in [0, 0.05) is 30.7 Å². The predicted octanol–water partition coefficient (Wildman–Crippen LogP) is 2.47. The van der Waals surface area contributed by atoms with E-state index < -0.39 is 0 Å². The monoisotopic (exact) mass is 440 g/mol. The molecule has 0 spiro atoms. The van der Waals surface area contributed by atoms with Gasteiger partial charge in [-0.2, -0.15) is 11.8 Å². The van der Waals surface area contributed by atoms with Gasteiger partial charge in [0.05, 0.1) is 12.1 Å². The highest BCUT2D eigenvalue weighted by atomic mass is 127. The Balaban J connectivity index is 0.00000242. The zero-order valence-electron chi connectivity index (χ0n) is 13.4. The van der Waals surface area contributed by atoms with E-state index in [1.54, 1.807) is 0 Å². The third kappa shape index (κ3) is 6.74. The Labute approximate surface area is 153 Å². The Morgan fingerprint density at radius 1 is 1.45 bits per heavy atom. The molecule has 0 aromatic carbocycles. The Morgan fingerprint density at radius 2 is 2.14 bits per heavy atom. The minimum Gasteiger partial charge on any atom is -0.370 e. The zero-order chi connectivity index (χ0) is 15.3. The summed E-state index contributed by atoms with van der Waals surface area (Å²) in [5, 5.41) is 3.99. The molecule has 0 aliphatic carbocycles. The van der Waals surface area contributed by atoms with E-state index in [1.165, 1.54) is 0 Å². The van der Waals surface area contributed by atoms with Gasteiger partial charge in [0.25, 0.3) is 0 Å². The van der Waals surface area contributed by atoms with Crippen LogP contribution in [0, 0.1) is 0 Å². The molecule has 2 heterocycles. The van der Waals surface area contributed by atoms with Crippen molar-refractivity contribution < 1.29 is 9.26 Å². The smallest absolute Gasteiger partial charge is 0.191 e. The number of rotatable bonds is 4. The summed E-state index contributed by atoms with van der Waals surface area (Å²) in [6.07, 6.45) is 0. The van der Waals surface area contributed by atoms with E-state index in [0.29, 0.717) is 24.9 Å². The number of ether oxygens (including phenoxy) is 1. The highest BCUT2D eigenvalue weighted by molar-refractivity contribution is 14.0. The van der Waals surface area contributed by atoms with Gasteiger partial charge in [-0.05, 0) is 20.8 Å². The minimum atomic E-state index is -0.193.